The number of sulfonamides is 1. The van der Waals surface area contributed by atoms with Gasteiger partial charge in [0.2, 0.25) is 10.0 Å². The molecule has 0 heterocycles. The van der Waals surface area contributed by atoms with Gasteiger partial charge < -0.3 is 10.2 Å². The van der Waals surface area contributed by atoms with Crippen molar-refractivity contribution < 1.29 is 8.42 Å². The molecule has 0 aliphatic carbocycles. The average Bonchev–Trinajstić information content (AvgIpc) is 2.36. The quantitative estimate of drug-likeness (QED) is 0.366. The fourth-order valence-corrected chi connectivity index (χ4v) is 3.50. The summed E-state index contributed by atoms with van der Waals surface area (Å²) in [7, 11) is 0.330. The first-order valence-corrected chi connectivity index (χ1v) is 9.44. The molecule has 0 saturated carbocycles. The van der Waals surface area contributed by atoms with E-state index in [-0.39, 0.29) is 24.0 Å². The molecule has 0 aliphatic rings. The normalized spacial score (nSPS) is 12.5. The third-order valence-corrected chi connectivity index (χ3v) is 4.19. The second-order valence-electron chi connectivity index (χ2n) is 6.14. The molecule has 0 aliphatic heterocycles. The maximum Gasteiger partial charge on any atom is 0.209 e. The minimum absolute atomic E-state index is 0. The fourth-order valence-electron chi connectivity index (χ4n) is 2.21. The average molecular weight is 489 g/mol. The first-order valence-electron chi connectivity index (χ1n) is 7.17. The SMILES string of the molecule is CN=C(NCC(C)(C)NS(C)(=O)=O)N(C)Cc1cccc(Cl)c1.I. The number of halogens is 2. The summed E-state index contributed by atoms with van der Waals surface area (Å²) in [6.07, 6.45) is 1.15. The van der Waals surface area contributed by atoms with Gasteiger partial charge in [0.15, 0.2) is 5.96 Å². The zero-order valence-corrected chi connectivity index (χ0v) is 18.5. The standard InChI is InChI=1S/C15H25ClN4O2S.HI/c1-15(2,19-23(5,21)22)11-18-14(17-3)20(4)10-12-7-6-8-13(16)9-12;/h6-9,19H,10-11H2,1-5H3,(H,17,18);1H. The second-order valence-corrected chi connectivity index (χ2v) is 8.33. The van der Waals surface area contributed by atoms with E-state index in [1.807, 2.05) is 50.1 Å². The third kappa shape index (κ3) is 9.05. The highest BCUT2D eigenvalue weighted by Crippen LogP contribution is 2.12. The summed E-state index contributed by atoms with van der Waals surface area (Å²) in [4.78, 5) is 6.17. The highest BCUT2D eigenvalue weighted by molar-refractivity contribution is 14.0. The van der Waals surface area contributed by atoms with Crippen LogP contribution in [0.1, 0.15) is 19.4 Å². The molecule has 1 rings (SSSR count). The smallest absolute Gasteiger partial charge is 0.209 e. The van der Waals surface area contributed by atoms with E-state index in [1.54, 1.807) is 7.05 Å². The monoisotopic (exact) mass is 488 g/mol. The Bertz CT molecular complexity index is 665. The Kier molecular flexibility index (Phi) is 9.55. The van der Waals surface area contributed by atoms with Crippen molar-refractivity contribution in [2.24, 2.45) is 4.99 Å². The Morgan fingerprint density at radius 1 is 1.38 bits per heavy atom. The van der Waals surface area contributed by atoms with Crippen LogP contribution in [0, 0.1) is 0 Å². The van der Waals surface area contributed by atoms with E-state index in [4.69, 9.17) is 11.6 Å². The van der Waals surface area contributed by atoms with Crippen LogP contribution >= 0.6 is 35.6 Å². The number of rotatable bonds is 6. The van der Waals surface area contributed by atoms with Crippen LogP contribution in [-0.2, 0) is 16.6 Å². The molecule has 0 spiro atoms. The van der Waals surface area contributed by atoms with Gasteiger partial charge in [0.1, 0.15) is 0 Å². The molecule has 24 heavy (non-hydrogen) atoms. The Labute approximate surface area is 167 Å². The summed E-state index contributed by atoms with van der Waals surface area (Å²) in [6, 6.07) is 7.63. The van der Waals surface area contributed by atoms with Crippen molar-refractivity contribution in [2.75, 3.05) is 26.9 Å². The van der Waals surface area contributed by atoms with Crippen molar-refractivity contribution in [3.8, 4) is 0 Å². The molecule has 6 nitrogen and oxygen atoms in total. The summed E-state index contributed by atoms with van der Waals surface area (Å²) in [5, 5.41) is 3.87. The van der Waals surface area contributed by atoms with Gasteiger partial charge in [0.25, 0.3) is 0 Å². The van der Waals surface area contributed by atoms with Crippen LogP contribution in [0.3, 0.4) is 0 Å². The lowest BCUT2D eigenvalue weighted by molar-refractivity contribution is 0.422. The molecule has 9 heteroatoms. The molecule has 0 radical (unpaired) electrons. The Morgan fingerprint density at radius 2 is 2.00 bits per heavy atom. The molecule has 1 aromatic rings. The van der Waals surface area contributed by atoms with E-state index in [2.05, 4.69) is 15.0 Å². The number of guanidine groups is 1. The molecule has 0 saturated heterocycles. The van der Waals surface area contributed by atoms with Gasteiger partial charge in [-0.05, 0) is 31.5 Å². The number of hydrogen-bond acceptors (Lipinski definition) is 3. The lowest BCUT2D eigenvalue weighted by Gasteiger charge is -2.29. The predicted molar refractivity (Wildman–Crippen MR) is 112 cm³/mol. The first kappa shape index (κ1) is 23.4. The molecule has 1 aromatic carbocycles. The lowest BCUT2D eigenvalue weighted by Crippen LogP contribution is -2.53. The van der Waals surface area contributed by atoms with Gasteiger partial charge in [-0.15, -0.1) is 24.0 Å². The Morgan fingerprint density at radius 3 is 2.50 bits per heavy atom. The van der Waals surface area contributed by atoms with Crippen molar-refractivity contribution in [1.29, 1.82) is 0 Å². The van der Waals surface area contributed by atoms with Gasteiger partial charge >= 0.3 is 0 Å². The van der Waals surface area contributed by atoms with Gasteiger partial charge in [0, 0.05) is 37.7 Å². The maximum absolute atomic E-state index is 11.4. The zero-order valence-electron chi connectivity index (χ0n) is 14.6. The summed E-state index contributed by atoms with van der Waals surface area (Å²) in [5.74, 6) is 0.674. The van der Waals surface area contributed by atoms with E-state index >= 15 is 0 Å². The van der Waals surface area contributed by atoms with Gasteiger partial charge in [-0.1, -0.05) is 23.7 Å². The molecule has 138 valence electrons. The van der Waals surface area contributed by atoms with E-state index in [9.17, 15) is 8.42 Å². The molecular weight excluding hydrogens is 463 g/mol. The molecule has 2 N–H and O–H groups in total. The Balaban J connectivity index is 0.00000529. The second kappa shape index (κ2) is 9.79. The van der Waals surface area contributed by atoms with Crippen LogP contribution in [0.4, 0.5) is 0 Å². The summed E-state index contributed by atoms with van der Waals surface area (Å²) in [5.41, 5.74) is 0.442. The van der Waals surface area contributed by atoms with E-state index < -0.39 is 15.6 Å². The number of nitrogens with zero attached hydrogens (tertiary/aromatic N) is 2. The molecule has 0 atom stereocenters. The predicted octanol–water partition coefficient (Wildman–Crippen LogP) is 2.29. The minimum Gasteiger partial charge on any atom is -0.354 e. The first-order chi connectivity index (χ1) is 10.5. The highest BCUT2D eigenvalue weighted by Gasteiger charge is 2.22. The topological polar surface area (TPSA) is 73.8 Å². The van der Waals surface area contributed by atoms with Crippen LogP contribution in [0.15, 0.2) is 29.3 Å². The number of nitrogens with one attached hydrogen (secondary N) is 2. The summed E-state index contributed by atoms with van der Waals surface area (Å²) in [6.45, 7) is 4.67. The van der Waals surface area contributed by atoms with Crippen LogP contribution < -0.4 is 10.0 Å². The molecule has 0 unspecified atom stereocenters. The molecular formula is C15H26ClIN4O2S. The van der Waals surface area contributed by atoms with Crippen molar-refractivity contribution in [3.05, 3.63) is 34.9 Å². The van der Waals surface area contributed by atoms with Gasteiger partial charge in [-0.25, -0.2) is 13.1 Å². The van der Waals surface area contributed by atoms with Crippen molar-refractivity contribution in [3.63, 3.8) is 0 Å². The zero-order chi connectivity index (χ0) is 17.7. The number of benzene rings is 1. The molecule has 0 bridgehead atoms. The van der Waals surface area contributed by atoms with Gasteiger partial charge in [0.05, 0.1) is 6.26 Å². The van der Waals surface area contributed by atoms with Crippen LogP contribution in [-0.4, -0.2) is 51.7 Å². The lowest BCUT2D eigenvalue weighted by atomic mass is 10.1. The highest BCUT2D eigenvalue weighted by atomic mass is 127. The van der Waals surface area contributed by atoms with Gasteiger partial charge in [-0.3, -0.25) is 4.99 Å². The third-order valence-electron chi connectivity index (χ3n) is 3.03. The fraction of sp³-hybridized carbons (Fsp3) is 0.533. The summed E-state index contributed by atoms with van der Waals surface area (Å²) >= 11 is 5.99. The number of hydrogen-bond donors (Lipinski definition) is 2. The van der Waals surface area contributed by atoms with Crippen LogP contribution in [0.25, 0.3) is 0 Å². The van der Waals surface area contributed by atoms with E-state index in [0.717, 1.165) is 11.8 Å². The van der Waals surface area contributed by atoms with Crippen molar-refractivity contribution in [1.82, 2.24) is 14.9 Å². The van der Waals surface area contributed by atoms with Crippen molar-refractivity contribution >= 4 is 51.6 Å². The molecule has 0 fully saturated rings. The van der Waals surface area contributed by atoms with Crippen LogP contribution in [0.2, 0.25) is 5.02 Å². The van der Waals surface area contributed by atoms with Crippen LogP contribution in [0.5, 0.6) is 0 Å². The Hall–Kier alpha value is -0.580. The maximum atomic E-state index is 11.4. The number of aliphatic imine (C=N–C) groups is 1. The van der Waals surface area contributed by atoms with E-state index in [0.29, 0.717) is 24.1 Å². The molecule has 0 aromatic heterocycles. The van der Waals surface area contributed by atoms with Gasteiger partial charge in [-0.2, -0.15) is 0 Å². The minimum atomic E-state index is -3.27. The van der Waals surface area contributed by atoms with E-state index in [1.165, 1.54) is 0 Å². The largest absolute Gasteiger partial charge is 0.354 e. The summed E-state index contributed by atoms with van der Waals surface area (Å²) < 4.78 is 25.3. The van der Waals surface area contributed by atoms with Crippen molar-refractivity contribution in [2.45, 2.75) is 25.9 Å². The molecule has 0 amide bonds.